The van der Waals surface area contributed by atoms with E-state index in [1.54, 1.807) is 11.3 Å². The summed E-state index contributed by atoms with van der Waals surface area (Å²) in [6, 6.07) is 8.37. The number of allylic oxidation sites excluding steroid dienone is 1. The summed E-state index contributed by atoms with van der Waals surface area (Å²) in [7, 11) is 0. The smallest absolute Gasteiger partial charge is 0.176 e. The highest BCUT2D eigenvalue weighted by Crippen LogP contribution is 2.40. The van der Waals surface area contributed by atoms with Crippen LogP contribution in [0.5, 0.6) is 0 Å². The molecule has 0 bridgehead atoms. The highest BCUT2D eigenvalue weighted by Gasteiger charge is 2.34. The Morgan fingerprint density at radius 2 is 2.07 bits per heavy atom. The maximum Gasteiger partial charge on any atom is 0.176 e. The average molecular weight is 426 g/mol. The number of fused-ring (bicyclic) bond motifs is 3. The van der Waals surface area contributed by atoms with Crippen LogP contribution in [0.25, 0.3) is 0 Å². The normalized spacial score (nSPS) is 21.6. The Bertz CT molecular complexity index is 989. The zero-order valence-electron chi connectivity index (χ0n) is 16.4. The number of benzene rings is 1. The molecular formula is C22H24ClN5S. The van der Waals surface area contributed by atoms with Crippen molar-refractivity contribution >= 4 is 46.0 Å². The van der Waals surface area contributed by atoms with Crippen molar-refractivity contribution in [1.29, 1.82) is 0 Å². The van der Waals surface area contributed by atoms with Crippen LogP contribution in [0.3, 0.4) is 0 Å². The summed E-state index contributed by atoms with van der Waals surface area (Å²) in [6.07, 6.45) is 4.13. The van der Waals surface area contributed by atoms with E-state index in [1.807, 2.05) is 18.2 Å². The Labute approximate surface area is 180 Å². The van der Waals surface area contributed by atoms with Gasteiger partial charge in [-0.15, -0.1) is 0 Å². The van der Waals surface area contributed by atoms with Crippen LogP contribution in [-0.2, 0) is 6.42 Å². The standard InChI is InChI=1S/C22H24ClN5S/c1-15-2-4-18(12-16-6-11-29-14-16)28-20-13-17(23)3-5-19(20)26-21(22(28)25-15)27-9-7-24-8-10-27/h3-6,11,13-15,24H,2,7-10,12H2,1H3. The minimum atomic E-state index is 0.210. The van der Waals surface area contributed by atoms with Crippen LogP contribution in [0, 0.1) is 0 Å². The van der Waals surface area contributed by atoms with E-state index >= 15 is 0 Å². The predicted molar refractivity (Wildman–Crippen MR) is 123 cm³/mol. The van der Waals surface area contributed by atoms with E-state index in [0.29, 0.717) is 0 Å². The number of thiophene rings is 1. The number of nitrogens with one attached hydrogen (secondary N) is 1. The molecule has 1 fully saturated rings. The second kappa shape index (κ2) is 7.94. The molecule has 7 heteroatoms. The lowest BCUT2D eigenvalue weighted by atomic mass is 10.1. The Morgan fingerprint density at radius 1 is 1.21 bits per heavy atom. The zero-order chi connectivity index (χ0) is 19.8. The molecule has 0 spiro atoms. The van der Waals surface area contributed by atoms with Gasteiger partial charge in [-0.25, -0.2) is 4.99 Å². The highest BCUT2D eigenvalue weighted by molar-refractivity contribution is 7.07. The van der Waals surface area contributed by atoms with Crippen molar-refractivity contribution in [1.82, 2.24) is 10.2 Å². The zero-order valence-corrected chi connectivity index (χ0v) is 18.0. The van der Waals surface area contributed by atoms with E-state index in [2.05, 4.69) is 44.9 Å². The average Bonchev–Trinajstić information content (AvgIpc) is 3.18. The predicted octanol–water partition coefficient (Wildman–Crippen LogP) is 4.47. The SMILES string of the molecule is CC1CC=C(Cc2ccsc2)N2C(=N1)C(N1CCNCC1)=Nc1ccc(Cl)cc12. The number of aliphatic imine (C=N–C) groups is 2. The van der Waals surface area contributed by atoms with Gasteiger partial charge in [-0.2, -0.15) is 11.3 Å². The maximum absolute atomic E-state index is 6.40. The molecular weight excluding hydrogens is 402 g/mol. The number of amidine groups is 2. The van der Waals surface area contributed by atoms with E-state index in [0.717, 1.165) is 67.1 Å². The van der Waals surface area contributed by atoms with Crippen molar-refractivity contribution in [3.8, 4) is 0 Å². The number of halogens is 1. The van der Waals surface area contributed by atoms with Crippen molar-refractivity contribution in [2.24, 2.45) is 9.98 Å². The van der Waals surface area contributed by atoms with Crippen molar-refractivity contribution in [2.45, 2.75) is 25.8 Å². The van der Waals surface area contributed by atoms with Crippen LogP contribution in [-0.4, -0.2) is 48.8 Å². The second-order valence-corrected chi connectivity index (χ2v) is 8.90. The summed E-state index contributed by atoms with van der Waals surface area (Å²) in [5.41, 5.74) is 4.54. The van der Waals surface area contributed by atoms with Crippen LogP contribution < -0.4 is 10.2 Å². The van der Waals surface area contributed by atoms with Crippen LogP contribution in [0.4, 0.5) is 11.4 Å². The number of hydrogen-bond acceptors (Lipinski definition) is 6. The fourth-order valence-electron chi connectivity index (χ4n) is 4.06. The Kier molecular flexibility index (Phi) is 5.16. The van der Waals surface area contributed by atoms with Crippen molar-refractivity contribution in [3.63, 3.8) is 0 Å². The molecule has 1 saturated heterocycles. The first-order chi connectivity index (χ1) is 14.2. The van der Waals surface area contributed by atoms with Gasteiger partial charge < -0.3 is 10.2 Å². The number of hydrogen-bond donors (Lipinski definition) is 1. The molecule has 0 saturated carbocycles. The van der Waals surface area contributed by atoms with Crippen LogP contribution >= 0.6 is 22.9 Å². The van der Waals surface area contributed by atoms with Gasteiger partial charge in [-0.3, -0.25) is 9.89 Å². The van der Waals surface area contributed by atoms with Crippen molar-refractivity contribution in [2.75, 3.05) is 31.1 Å². The molecule has 1 aromatic carbocycles. The third-order valence-electron chi connectivity index (χ3n) is 5.52. The molecule has 2 aromatic rings. The van der Waals surface area contributed by atoms with Gasteiger partial charge in [0.1, 0.15) is 0 Å². The van der Waals surface area contributed by atoms with Gasteiger partial charge >= 0.3 is 0 Å². The first-order valence-corrected chi connectivity index (χ1v) is 11.4. The lowest BCUT2D eigenvalue weighted by molar-refractivity contribution is 0.360. The summed E-state index contributed by atoms with van der Waals surface area (Å²) < 4.78 is 0. The first-order valence-electron chi connectivity index (χ1n) is 10.1. The minimum absolute atomic E-state index is 0.210. The highest BCUT2D eigenvalue weighted by atomic mass is 35.5. The quantitative estimate of drug-likeness (QED) is 0.771. The maximum atomic E-state index is 6.40. The lowest BCUT2D eigenvalue weighted by Crippen LogP contribution is -2.53. The van der Waals surface area contributed by atoms with E-state index in [-0.39, 0.29) is 6.04 Å². The van der Waals surface area contributed by atoms with Gasteiger partial charge in [-0.1, -0.05) is 17.7 Å². The van der Waals surface area contributed by atoms with E-state index in [1.165, 1.54) is 11.3 Å². The molecule has 150 valence electrons. The Balaban J connectivity index is 1.65. The minimum Gasteiger partial charge on any atom is -0.351 e. The van der Waals surface area contributed by atoms with Crippen molar-refractivity contribution in [3.05, 3.63) is 57.4 Å². The van der Waals surface area contributed by atoms with Gasteiger partial charge in [0.05, 0.1) is 17.4 Å². The van der Waals surface area contributed by atoms with Gasteiger partial charge in [0, 0.05) is 43.3 Å². The molecule has 1 atom stereocenters. The lowest BCUT2D eigenvalue weighted by Gasteiger charge is -2.38. The molecule has 3 aliphatic heterocycles. The van der Waals surface area contributed by atoms with Gasteiger partial charge in [0.2, 0.25) is 0 Å². The second-order valence-electron chi connectivity index (χ2n) is 7.68. The Morgan fingerprint density at radius 3 is 2.86 bits per heavy atom. The van der Waals surface area contributed by atoms with E-state index < -0.39 is 0 Å². The molecule has 3 aliphatic rings. The third-order valence-corrected chi connectivity index (χ3v) is 6.49. The molecule has 1 aromatic heterocycles. The van der Waals surface area contributed by atoms with Gasteiger partial charge in [0.15, 0.2) is 11.7 Å². The topological polar surface area (TPSA) is 43.2 Å². The first kappa shape index (κ1) is 18.9. The molecule has 4 heterocycles. The summed E-state index contributed by atoms with van der Waals surface area (Å²) in [5, 5.41) is 8.51. The monoisotopic (exact) mass is 425 g/mol. The molecule has 5 rings (SSSR count). The van der Waals surface area contributed by atoms with Crippen molar-refractivity contribution < 1.29 is 0 Å². The van der Waals surface area contributed by atoms with Crippen LogP contribution in [0.15, 0.2) is 56.8 Å². The Hall–Kier alpha value is -2.15. The number of anilines is 1. The molecule has 0 amide bonds. The summed E-state index contributed by atoms with van der Waals surface area (Å²) >= 11 is 8.14. The van der Waals surface area contributed by atoms with Gasteiger partial charge in [-0.05, 0) is 53.9 Å². The molecule has 0 radical (unpaired) electrons. The fourth-order valence-corrected chi connectivity index (χ4v) is 4.89. The third kappa shape index (κ3) is 3.72. The molecule has 1 N–H and O–H groups in total. The summed E-state index contributed by atoms with van der Waals surface area (Å²) in [6.45, 7) is 5.98. The van der Waals surface area contributed by atoms with Gasteiger partial charge in [0.25, 0.3) is 0 Å². The molecule has 29 heavy (non-hydrogen) atoms. The van der Waals surface area contributed by atoms with E-state index in [4.69, 9.17) is 21.6 Å². The van der Waals surface area contributed by atoms with E-state index in [9.17, 15) is 0 Å². The van der Waals surface area contributed by atoms with Crippen LogP contribution in [0.2, 0.25) is 5.02 Å². The van der Waals surface area contributed by atoms with Crippen LogP contribution in [0.1, 0.15) is 18.9 Å². The number of nitrogens with zero attached hydrogens (tertiary/aromatic N) is 4. The molecule has 1 unspecified atom stereocenters. The summed E-state index contributed by atoms with van der Waals surface area (Å²) in [4.78, 5) is 14.8. The number of rotatable bonds is 2. The summed E-state index contributed by atoms with van der Waals surface area (Å²) in [5.74, 6) is 1.93. The largest absolute Gasteiger partial charge is 0.351 e. The fraction of sp³-hybridized carbons (Fsp3) is 0.364. The molecule has 0 aliphatic carbocycles. The number of piperazine rings is 1. The molecule has 5 nitrogen and oxygen atoms in total.